The van der Waals surface area contributed by atoms with Gasteiger partial charge in [-0.2, -0.15) is 0 Å². The molecule has 1 nitrogen and oxygen atoms in total. The van der Waals surface area contributed by atoms with Crippen molar-refractivity contribution in [3.63, 3.8) is 0 Å². The monoisotopic (exact) mass is 229 g/mol. The summed E-state index contributed by atoms with van der Waals surface area (Å²) in [5.74, 6) is 2.03. The van der Waals surface area contributed by atoms with Crippen LogP contribution in [0.25, 0.3) is 0 Å². The van der Waals surface area contributed by atoms with E-state index in [1.165, 1.54) is 25.7 Å². The first-order valence-corrected chi connectivity index (χ1v) is 6.05. The molecule has 5 aliphatic rings. The summed E-state index contributed by atoms with van der Waals surface area (Å²) >= 11 is 3.85. The van der Waals surface area contributed by atoms with E-state index in [4.69, 9.17) is 0 Å². The van der Waals surface area contributed by atoms with Crippen LogP contribution in [0.4, 0.5) is 0 Å². The number of hydrogen-bond donors (Lipinski definition) is 0. The molecular formula is C10H16BrN. The molecule has 68 valence electrons. The summed E-state index contributed by atoms with van der Waals surface area (Å²) in [5.41, 5.74) is 0. The quantitative estimate of drug-likeness (QED) is 0.577. The van der Waals surface area contributed by atoms with Gasteiger partial charge in [0.1, 0.15) is 0 Å². The number of piperidine rings is 3. The summed E-state index contributed by atoms with van der Waals surface area (Å²) in [6.07, 6.45) is 5.94. The highest BCUT2D eigenvalue weighted by atomic mass is 79.9. The Morgan fingerprint density at radius 3 is 2.58 bits per heavy atom. The Bertz CT molecular complexity index is 200. The first kappa shape index (κ1) is 7.81. The standard InChI is InChI=1S/C10H16BrN/c1-12-9-3-2-6-4-7(9)5-8(11)10(6)12/h6-10H,2-5H2,1H3. The van der Waals surface area contributed by atoms with Crippen LogP contribution in [0.15, 0.2) is 0 Å². The number of rotatable bonds is 0. The number of fused-ring (bicyclic) bond motifs is 2. The Labute approximate surface area is 82.6 Å². The van der Waals surface area contributed by atoms with Crippen molar-refractivity contribution < 1.29 is 0 Å². The molecule has 3 saturated heterocycles. The predicted molar refractivity (Wildman–Crippen MR) is 53.5 cm³/mol. The molecule has 5 fully saturated rings. The number of alkyl halides is 1. The number of halogens is 1. The molecule has 12 heavy (non-hydrogen) atoms. The zero-order valence-electron chi connectivity index (χ0n) is 7.54. The van der Waals surface area contributed by atoms with Gasteiger partial charge in [-0.05, 0) is 44.6 Å². The van der Waals surface area contributed by atoms with E-state index in [2.05, 4.69) is 27.9 Å². The third kappa shape index (κ3) is 0.832. The van der Waals surface area contributed by atoms with Gasteiger partial charge in [0.2, 0.25) is 0 Å². The molecule has 0 aromatic carbocycles. The van der Waals surface area contributed by atoms with Crippen LogP contribution in [0.2, 0.25) is 0 Å². The lowest BCUT2D eigenvalue weighted by Gasteiger charge is -2.60. The smallest absolute Gasteiger partial charge is 0.0307 e. The zero-order chi connectivity index (χ0) is 8.29. The van der Waals surface area contributed by atoms with Gasteiger partial charge in [-0.1, -0.05) is 15.9 Å². The Morgan fingerprint density at radius 1 is 1.17 bits per heavy atom. The second kappa shape index (κ2) is 2.48. The SMILES string of the molecule is CN1C2CCC3CC2CC(Br)C31. The average molecular weight is 230 g/mol. The van der Waals surface area contributed by atoms with Gasteiger partial charge in [0.15, 0.2) is 0 Å². The van der Waals surface area contributed by atoms with Crippen molar-refractivity contribution >= 4 is 15.9 Å². The van der Waals surface area contributed by atoms with Crippen LogP contribution >= 0.6 is 15.9 Å². The maximum atomic E-state index is 3.85. The Morgan fingerprint density at radius 2 is 2.00 bits per heavy atom. The minimum Gasteiger partial charge on any atom is -0.299 e. The van der Waals surface area contributed by atoms with E-state index in [0.717, 1.165) is 28.7 Å². The first-order chi connectivity index (χ1) is 5.77. The maximum Gasteiger partial charge on any atom is 0.0307 e. The van der Waals surface area contributed by atoms with Gasteiger partial charge < -0.3 is 0 Å². The molecule has 2 aliphatic carbocycles. The molecular weight excluding hydrogens is 214 g/mol. The molecule has 2 saturated carbocycles. The van der Waals surface area contributed by atoms with Crippen molar-refractivity contribution in [2.75, 3.05) is 7.05 Å². The van der Waals surface area contributed by atoms with Gasteiger partial charge in [0, 0.05) is 16.9 Å². The van der Waals surface area contributed by atoms with Gasteiger partial charge in [0.05, 0.1) is 0 Å². The van der Waals surface area contributed by atoms with Crippen molar-refractivity contribution in [3.05, 3.63) is 0 Å². The fourth-order valence-corrected chi connectivity index (χ4v) is 5.20. The molecule has 0 N–H and O–H groups in total. The van der Waals surface area contributed by atoms with Crippen LogP contribution < -0.4 is 0 Å². The summed E-state index contributed by atoms with van der Waals surface area (Å²) in [4.78, 5) is 3.45. The highest BCUT2D eigenvalue weighted by Crippen LogP contribution is 2.51. The zero-order valence-corrected chi connectivity index (χ0v) is 9.13. The van der Waals surface area contributed by atoms with Crippen molar-refractivity contribution in [2.45, 2.75) is 42.6 Å². The van der Waals surface area contributed by atoms with Crippen LogP contribution in [0.1, 0.15) is 25.7 Å². The molecule has 3 aliphatic heterocycles. The lowest BCUT2D eigenvalue weighted by atomic mass is 9.62. The van der Waals surface area contributed by atoms with E-state index in [9.17, 15) is 0 Å². The topological polar surface area (TPSA) is 3.24 Å². The van der Waals surface area contributed by atoms with E-state index >= 15 is 0 Å². The third-order valence-electron chi connectivity index (χ3n) is 4.36. The van der Waals surface area contributed by atoms with Crippen molar-refractivity contribution in [1.82, 2.24) is 4.90 Å². The van der Waals surface area contributed by atoms with Crippen LogP contribution in [-0.4, -0.2) is 28.9 Å². The lowest BCUT2D eigenvalue weighted by molar-refractivity contribution is -0.0728. The van der Waals surface area contributed by atoms with Crippen LogP contribution in [0.5, 0.6) is 0 Å². The Hall–Kier alpha value is 0.440. The van der Waals surface area contributed by atoms with E-state index in [-0.39, 0.29) is 0 Å². The molecule has 0 spiro atoms. The molecule has 5 rings (SSSR count). The van der Waals surface area contributed by atoms with Gasteiger partial charge in [-0.25, -0.2) is 0 Å². The molecule has 0 radical (unpaired) electrons. The average Bonchev–Trinajstić information content (AvgIpc) is 2.03. The summed E-state index contributed by atoms with van der Waals surface area (Å²) in [6.45, 7) is 0. The summed E-state index contributed by atoms with van der Waals surface area (Å²) in [5, 5.41) is 0. The van der Waals surface area contributed by atoms with E-state index < -0.39 is 0 Å². The van der Waals surface area contributed by atoms with Gasteiger partial charge >= 0.3 is 0 Å². The van der Waals surface area contributed by atoms with Crippen molar-refractivity contribution in [2.24, 2.45) is 11.8 Å². The minimum atomic E-state index is 0.794. The summed E-state index contributed by atoms with van der Waals surface area (Å²) in [6, 6.07) is 1.81. The summed E-state index contributed by atoms with van der Waals surface area (Å²) < 4.78 is 0. The Kier molecular flexibility index (Phi) is 1.61. The van der Waals surface area contributed by atoms with Crippen LogP contribution in [0.3, 0.4) is 0 Å². The van der Waals surface area contributed by atoms with E-state index in [0.29, 0.717) is 0 Å². The molecule has 0 aromatic heterocycles. The molecule has 0 amide bonds. The fraction of sp³-hybridized carbons (Fsp3) is 1.00. The minimum absolute atomic E-state index is 0.794. The highest BCUT2D eigenvalue weighted by Gasteiger charge is 2.52. The second-order valence-electron chi connectivity index (χ2n) is 4.81. The fourth-order valence-electron chi connectivity index (χ4n) is 3.92. The van der Waals surface area contributed by atoms with Crippen molar-refractivity contribution in [3.8, 4) is 0 Å². The first-order valence-electron chi connectivity index (χ1n) is 5.13. The van der Waals surface area contributed by atoms with Crippen LogP contribution in [-0.2, 0) is 0 Å². The largest absolute Gasteiger partial charge is 0.299 e. The third-order valence-corrected chi connectivity index (χ3v) is 5.27. The number of hydrogen-bond acceptors (Lipinski definition) is 1. The molecule has 2 heteroatoms. The molecule has 0 aromatic rings. The number of nitrogens with zero attached hydrogens (tertiary/aromatic N) is 1. The van der Waals surface area contributed by atoms with Crippen molar-refractivity contribution in [1.29, 1.82) is 0 Å². The highest BCUT2D eigenvalue weighted by molar-refractivity contribution is 9.09. The molecule has 5 atom stereocenters. The maximum absolute atomic E-state index is 3.85. The molecule has 3 heterocycles. The predicted octanol–water partition coefficient (Wildman–Crippen LogP) is 2.25. The molecule has 5 unspecified atom stereocenters. The van der Waals surface area contributed by atoms with Gasteiger partial charge in [0.25, 0.3) is 0 Å². The second-order valence-corrected chi connectivity index (χ2v) is 5.98. The van der Waals surface area contributed by atoms with E-state index in [1.807, 2.05) is 0 Å². The van der Waals surface area contributed by atoms with Gasteiger partial charge in [-0.3, -0.25) is 4.90 Å². The molecule has 4 bridgehead atoms. The lowest BCUT2D eigenvalue weighted by Crippen LogP contribution is -2.65. The van der Waals surface area contributed by atoms with Crippen LogP contribution in [0, 0.1) is 11.8 Å². The Balaban J connectivity index is 1.97. The summed E-state index contributed by atoms with van der Waals surface area (Å²) in [7, 11) is 2.33. The normalized spacial score (nSPS) is 58.0. The van der Waals surface area contributed by atoms with E-state index in [1.54, 1.807) is 0 Å². The van der Waals surface area contributed by atoms with Gasteiger partial charge in [-0.15, -0.1) is 0 Å².